The number of aryl methyl sites for hydroxylation is 1. The molecule has 0 aromatic heterocycles. The Morgan fingerprint density at radius 2 is 1.67 bits per heavy atom. The Bertz CT molecular complexity index is 647. The quantitative estimate of drug-likeness (QED) is 0.372. The number of piperidine rings is 1. The maximum atomic E-state index is 6.48. The lowest BCUT2D eigenvalue weighted by atomic mass is 9.85. The zero-order valence-corrected chi connectivity index (χ0v) is 22.3. The van der Waals surface area contributed by atoms with Crippen LogP contribution >= 0.6 is 0 Å². The first kappa shape index (κ1) is 26.5. The number of likely N-dealkylation sites (tertiary alicyclic amines) is 1. The van der Waals surface area contributed by atoms with Crippen molar-refractivity contribution >= 4 is 5.69 Å². The van der Waals surface area contributed by atoms with Crippen molar-refractivity contribution in [1.82, 2.24) is 4.90 Å². The van der Waals surface area contributed by atoms with Gasteiger partial charge in [0.15, 0.2) is 0 Å². The summed E-state index contributed by atoms with van der Waals surface area (Å²) < 4.78 is 0. The van der Waals surface area contributed by atoms with Crippen LogP contribution in [0.3, 0.4) is 0 Å². The molecule has 2 fully saturated rings. The SMILES string of the molecule is CC(C)CCN(c1ccc(CCC2CCCCC2)cc1)C1CCCN(CC(N)CC(C)C)C1. The summed E-state index contributed by atoms with van der Waals surface area (Å²) in [6.45, 7) is 13.8. The van der Waals surface area contributed by atoms with Crippen LogP contribution in [0.25, 0.3) is 0 Å². The van der Waals surface area contributed by atoms with Gasteiger partial charge in [0.2, 0.25) is 0 Å². The van der Waals surface area contributed by atoms with E-state index in [4.69, 9.17) is 5.73 Å². The fraction of sp³-hybridized carbons (Fsp3) is 0.800. The monoisotopic (exact) mass is 455 g/mol. The van der Waals surface area contributed by atoms with E-state index < -0.39 is 0 Å². The highest BCUT2D eigenvalue weighted by Gasteiger charge is 2.27. The number of rotatable bonds is 12. The molecule has 1 heterocycles. The predicted octanol–water partition coefficient (Wildman–Crippen LogP) is 6.89. The van der Waals surface area contributed by atoms with Gasteiger partial charge in [-0.1, -0.05) is 71.9 Å². The van der Waals surface area contributed by atoms with Crippen LogP contribution in [0.1, 0.15) is 97.5 Å². The van der Waals surface area contributed by atoms with Gasteiger partial charge < -0.3 is 10.6 Å². The summed E-state index contributed by atoms with van der Waals surface area (Å²) in [5, 5.41) is 0. The normalized spacial score (nSPS) is 21.6. The van der Waals surface area contributed by atoms with E-state index in [0.717, 1.165) is 37.9 Å². The molecule has 2 unspecified atom stereocenters. The Hall–Kier alpha value is -1.06. The Balaban J connectivity index is 1.60. The second-order valence-corrected chi connectivity index (χ2v) is 12.0. The molecule has 3 heteroatoms. The van der Waals surface area contributed by atoms with E-state index in [0.29, 0.717) is 18.0 Å². The van der Waals surface area contributed by atoms with Crippen molar-refractivity contribution in [3.05, 3.63) is 29.8 Å². The molecule has 2 atom stereocenters. The Kier molecular flexibility index (Phi) is 11.0. The molecule has 2 N–H and O–H groups in total. The molecular weight excluding hydrogens is 402 g/mol. The fourth-order valence-electron chi connectivity index (χ4n) is 6.08. The third kappa shape index (κ3) is 9.25. The van der Waals surface area contributed by atoms with E-state index in [2.05, 4.69) is 61.8 Å². The van der Waals surface area contributed by atoms with Crippen LogP contribution in [0, 0.1) is 17.8 Å². The lowest BCUT2D eigenvalue weighted by Gasteiger charge is -2.42. The van der Waals surface area contributed by atoms with Gasteiger partial charge in [0.25, 0.3) is 0 Å². The third-order valence-corrected chi connectivity index (χ3v) is 7.97. The maximum Gasteiger partial charge on any atom is 0.0417 e. The summed E-state index contributed by atoms with van der Waals surface area (Å²) in [5.74, 6) is 2.39. The molecule has 1 aliphatic heterocycles. The van der Waals surface area contributed by atoms with Crippen molar-refractivity contribution in [3.63, 3.8) is 0 Å². The number of nitrogens with zero attached hydrogens (tertiary/aromatic N) is 2. The first-order valence-electron chi connectivity index (χ1n) is 14.2. The fourth-order valence-corrected chi connectivity index (χ4v) is 6.08. The van der Waals surface area contributed by atoms with Gasteiger partial charge in [-0.2, -0.15) is 0 Å². The molecule has 1 saturated heterocycles. The van der Waals surface area contributed by atoms with Gasteiger partial charge in [-0.15, -0.1) is 0 Å². The van der Waals surface area contributed by atoms with Crippen molar-refractivity contribution in [2.75, 3.05) is 31.1 Å². The Labute approximate surface area is 205 Å². The zero-order valence-electron chi connectivity index (χ0n) is 22.3. The molecule has 3 nitrogen and oxygen atoms in total. The van der Waals surface area contributed by atoms with Crippen LogP contribution in [0.15, 0.2) is 24.3 Å². The molecule has 33 heavy (non-hydrogen) atoms. The number of hydrogen-bond donors (Lipinski definition) is 1. The third-order valence-electron chi connectivity index (χ3n) is 7.97. The van der Waals surface area contributed by atoms with E-state index in [1.807, 2.05) is 0 Å². The van der Waals surface area contributed by atoms with Crippen LogP contribution in [-0.2, 0) is 6.42 Å². The second kappa shape index (κ2) is 13.7. The average Bonchev–Trinajstić information content (AvgIpc) is 2.79. The summed E-state index contributed by atoms with van der Waals surface area (Å²) >= 11 is 0. The largest absolute Gasteiger partial charge is 0.367 e. The lowest BCUT2D eigenvalue weighted by Crippen LogP contribution is -2.51. The van der Waals surface area contributed by atoms with E-state index in [9.17, 15) is 0 Å². The number of hydrogen-bond acceptors (Lipinski definition) is 3. The van der Waals surface area contributed by atoms with Gasteiger partial charge in [-0.3, -0.25) is 4.90 Å². The van der Waals surface area contributed by atoms with Crippen LogP contribution in [-0.4, -0.2) is 43.2 Å². The van der Waals surface area contributed by atoms with Crippen LogP contribution < -0.4 is 10.6 Å². The second-order valence-electron chi connectivity index (χ2n) is 12.0. The zero-order chi connectivity index (χ0) is 23.6. The molecule has 0 amide bonds. The highest BCUT2D eigenvalue weighted by atomic mass is 15.2. The summed E-state index contributed by atoms with van der Waals surface area (Å²) in [6, 6.07) is 10.6. The van der Waals surface area contributed by atoms with Crippen molar-refractivity contribution in [3.8, 4) is 0 Å². The van der Waals surface area contributed by atoms with Gasteiger partial charge in [0, 0.05) is 37.4 Å². The molecule has 1 aromatic rings. The average molecular weight is 456 g/mol. The van der Waals surface area contributed by atoms with Crippen molar-refractivity contribution in [2.24, 2.45) is 23.5 Å². The summed E-state index contributed by atoms with van der Waals surface area (Å²) in [7, 11) is 0. The Morgan fingerprint density at radius 1 is 0.939 bits per heavy atom. The molecule has 1 aromatic carbocycles. The van der Waals surface area contributed by atoms with E-state index in [1.54, 1.807) is 0 Å². The van der Waals surface area contributed by atoms with Crippen molar-refractivity contribution < 1.29 is 0 Å². The van der Waals surface area contributed by atoms with Gasteiger partial charge in [0.05, 0.1) is 0 Å². The van der Waals surface area contributed by atoms with Gasteiger partial charge in [-0.05, 0) is 80.5 Å². The first-order valence-corrected chi connectivity index (χ1v) is 14.2. The molecule has 0 bridgehead atoms. The number of anilines is 1. The predicted molar refractivity (Wildman–Crippen MR) is 145 cm³/mol. The minimum absolute atomic E-state index is 0.302. The number of nitrogens with two attached hydrogens (primary N) is 1. The van der Waals surface area contributed by atoms with E-state index >= 15 is 0 Å². The van der Waals surface area contributed by atoms with Gasteiger partial charge >= 0.3 is 0 Å². The van der Waals surface area contributed by atoms with Crippen molar-refractivity contribution in [1.29, 1.82) is 0 Å². The summed E-state index contributed by atoms with van der Waals surface area (Å²) in [6.07, 6.45) is 14.9. The maximum absolute atomic E-state index is 6.48. The molecule has 3 rings (SSSR count). The molecule has 1 saturated carbocycles. The van der Waals surface area contributed by atoms with E-state index in [1.165, 1.54) is 82.0 Å². The topological polar surface area (TPSA) is 32.5 Å². The molecule has 2 aliphatic rings. The lowest BCUT2D eigenvalue weighted by molar-refractivity contribution is 0.187. The standard InChI is InChI=1S/C30H53N3/c1-24(2)18-20-33(30-11-8-19-32(23-30)22-28(31)21-25(3)4)29-16-14-27(15-17-29)13-12-26-9-6-5-7-10-26/h14-17,24-26,28,30H,5-13,18-23,31H2,1-4H3. The van der Waals surface area contributed by atoms with Gasteiger partial charge in [0.1, 0.15) is 0 Å². The summed E-state index contributed by atoms with van der Waals surface area (Å²) in [5.41, 5.74) is 9.43. The minimum Gasteiger partial charge on any atom is -0.367 e. The smallest absolute Gasteiger partial charge is 0.0417 e. The first-order chi connectivity index (χ1) is 15.9. The molecule has 1 aliphatic carbocycles. The van der Waals surface area contributed by atoms with E-state index in [-0.39, 0.29) is 0 Å². The highest BCUT2D eigenvalue weighted by molar-refractivity contribution is 5.49. The molecule has 0 spiro atoms. The van der Waals surface area contributed by atoms with Gasteiger partial charge in [-0.25, -0.2) is 0 Å². The molecule has 188 valence electrons. The van der Waals surface area contributed by atoms with Crippen LogP contribution in [0.4, 0.5) is 5.69 Å². The molecule has 0 radical (unpaired) electrons. The minimum atomic E-state index is 0.302. The number of benzene rings is 1. The van der Waals surface area contributed by atoms with Crippen molar-refractivity contribution in [2.45, 2.75) is 110 Å². The summed E-state index contributed by atoms with van der Waals surface area (Å²) in [4.78, 5) is 5.37. The van der Waals surface area contributed by atoms with Crippen LogP contribution in [0.2, 0.25) is 0 Å². The Morgan fingerprint density at radius 3 is 2.33 bits per heavy atom. The van der Waals surface area contributed by atoms with Crippen LogP contribution in [0.5, 0.6) is 0 Å². The molecular formula is C30H53N3. The highest BCUT2D eigenvalue weighted by Crippen LogP contribution is 2.29.